The molecule has 1 aliphatic rings. The second-order valence-corrected chi connectivity index (χ2v) is 5.70. The highest BCUT2D eigenvalue weighted by Crippen LogP contribution is 2.40. The summed E-state index contributed by atoms with van der Waals surface area (Å²) in [6.45, 7) is -0.534. The molecule has 7 heteroatoms. The van der Waals surface area contributed by atoms with Crippen LogP contribution in [0.1, 0.15) is 22.0 Å². The fraction of sp³-hybridized carbons (Fsp3) is 0.118. The predicted molar refractivity (Wildman–Crippen MR) is 88.5 cm³/mol. The van der Waals surface area contributed by atoms with Crippen molar-refractivity contribution < 1.29 is 19.5 Å². The number of Topliss-reactive ketones (excluding diaryl/α,β-unsaturated/α-hetero) is 1. The van der Waals surface area contributed by atoms with Gasteiger partial charge in [0.2, 0.25) is 0 Å². The number of ketones is 1. The predicted octanol–water partition coefficient (Wildman–Crippen LogP) is 2.88. The lowest BCUT2D eigenvalue weighted by atomic mass is 10.0. The molecule has 1 unspecified atom stereocenters. The highest BCUT2D eigenvalue weighted by molar-refractivity contribution is 6.30. The van der Waals surface area contributed by atoms with Crippen molar-refractivity contribution in [2.45, 2.75) is 6.04 Å². The number of aliphatic carboxylic acids is 1. The number of hydrogen-bond acceptors (Lipinski definition) is 3. The maximum absolute atomic E-state index is 12.8. The van der Waals surface area contributed by atoms with Gasteiger partial charge in [-0.25, -0.2) is 4.79 Å². The summed E-state index contributed by atoms with van der Waals surface area (Å²) in [6.07, 6.45) is 0. The molecule has 0 bridgehead atoms. The van der Waals surface area contributed by atoms with Crippen molar-refractivity contribution in [3.63, 3.8) is 0 Å². The van der Waals surface area contributed by atoms with Gasteiger partial charge in [-0.15, -0.1) is 0 Å². The summed E-state index contributed by atoms with van der Waals surface area (Å²) in [4.78, 5) is 37.3. The smallest absolute Gasteiger partial charge is 0.323 e. The van der Waals surface area contributed by atoms with Gasteiger partial charge in [-0.1, -0.05) is 35.9 Å². The van der Waals surface area contributed by atoms with E-state index in [0.717, 1.165) is 0 Å². The molecule has 0 aliphatic carbocycles. The maximum Gasteiger partial charge on any atom is 0.323 e. The Morgan fingerprint density at radius 2 is 1.92 bits per heavy atom. The zero-order chi connectivity index (χ0) is 17.3. The van der Waals surface area contributed by atoms with Crippen LogP contribution in [0.15, 0.2) is 48.5 Å². The average Bonchev–Trinajstić information content (AvgIpc) is 2.86. The van der Waals surface area contributed by atoms with E-state index in [1.807, 2.05) is 0 Å². The number of carbonyl (C=O) groups is 3. The summed E-state index contributed by atoms with van der Waals surface area (Å²) in [5, 5.41) is 11.5. The number of carbonyl (C=O) groups excluding carboxylic acids is 2. The first-order valence-corrected chi connectivity index (χ1v) is 7.54. The van der Waals surface area contributed by atoms with E-state index in [9.17, 15) is 14.4 Å². The molecule has 3 rings (SSSR count). The average molecular weight is 345 g/mol. The largest absolute Gasteiger partial charge is 0.480 e. The van der Waals surface area contributed by atoms with E-state index < -0.39 is 24.6 Å². The number of benzene rings is 2. The summed E-state index contributed by atoms with van der Waals surface area (Å²) in [6, 6.07) is 11.9. The number of nitrogens with one attached hydrogen (secondary N) is 1. The standard InChI is InChI=1S/C17H13ClN2O4/c18-11-5-3-4-10(8-11)15-16(23)12-6-1-2-7-13(12)20(15)17(24)19-9-14(21)22/h1-8,15H,9H2,(H,19,24)(H,21,22). The van der Waals surface area contributed by atoms with Crippen LogP contribution in [-0.2, 0) is 4.79 Å². The second kappa shape index (κ2) is 6.33. The molecule has 2 aromatic rings. The van der Waals surface area contributed by atoms with Crippen molar-refractivity contribution in [3.8, 4) is 0 Å². The number of urea groups is 1. The molecule has 122 valence electrons. The summed E-state index contributed by atoms with van der Waals surface area (Å²) in [7, 11) is 0. The van der Waals surface area contributed by atoms with Crippen LogP contribution in [0.3, 0.4) is 0 Å². The van der Waals surface area contributed by atoms with Crippen LogP contribution in [0, 0.1) is 0 Å². The zero-order valence-electron chi connectivity index (χ0n) is 12.4. The van der Waals surface area contributed by atoms with Gasteiger partial charge in [0, 0.05) is 10.6 Å². The Hall–Kier alpha value is -2.86. The van der Waals surface area contributed by atoms with Gasteiger partial charge in [0.1, 0.15) is 12.6 Å². The normalized spacial score (nSPS) is 16.0. The number of para-hydroxylation sites is 1. The third-order valence-electron chi connectivity index (χ3n) is 3.71. The molecular formula is C17H13ClN2O4. The minimum atomic E-state index is -1.17. The second-order valence-electron chi connectivity index (χ2n) is 5.26. The fourth-order valence-corrected chi connectivity index (χ4v) is 2.93. The van der Waals surface area contributed by atoms with Crippen LogP contribution < -0.4 is 10.2 Å². The SMILES string of the molecule is O=C(O)CNC(=O)N1c2ccccc2C(=O)C1c1cccc(Cl)c1. The number of carboxylic acids is 1. The van der Waals surface area contributed by atoms with Gasteiger partial charge in [-0.2, -0.15) is 0 Å². The van der Waals surface area contributed by atoms with Crippen LogP contribution in [0.2, 0.25) is 5.02 Å². The van der Waals surface area contributed by atoms with Crippen molar-refractivity contribution in [1.29, 1.82) is 0 Å². The number of hydrogen-bond donors (Lipinski definition) is 2. The van der Waals surface area contributed by atoms with E-state index in [2.05, 4.69) is 5.32 Å². The summed E-state index contributed by atoms with van der Waals surface area (Å²) in [5.41, 5.74) is 1.41. The van der Waals surface area contributed by atoms with E-state index in [-0.39, 0.29) is 5.78 Å². The monoisotopic (exact) mass is 344 g/mol. The van der Waals surface area contributed by atoms with Crippen molar-refractivity contribution >= 4 is 35.1 Å². The molecule has 1 heterocycles. The van der Waals surface area contributed by atoms with Crippen LogP contribution in [0.25, 0.3) is 0 Å². The molecule has 0 aromatic heterocycles. The van der Waals surface area contributed by atoms with E-state index in [1.54, 1.807) is 48.5 Å². The van der Waals surface area contributed by atoms with Gasteiger partial charge in [0.15, 0.2) is 5.78 Å². The Morgan fingerprint density at radius 3 is 2.62 bits per heavy atom. The highest BCUT2D eigenvalue weighted by atomic mass is 35.5. The van der Waals surface area contributed by atoms with Crippen LogP contribution in [-0.4, -0.2) is 29.4 Å². The first-order chi connectivity index (χ1) is 11.5. The Balaban J connectivity index is 2.04. The van der Waals surface area contributed by atoms with Gasteiger partial charge in [0.05, 0.1) is 5.69 Å². The van der Waals surface area contributed by atoms with E-state index in [4.69, 9.17) is 16.7 Å². The minimum absolute atomic E-state index is 0.238. The summed E-state index contributed by atoms with van der Waals surface area (Å²) in [5.74, 6) is -1.40. The van der Waals surface area contributed by atoms with Crippen LogP contribution >= 0.6 is 11.6 Å². The van der Waals surface area contributed by atoms with Gasteiger partial charge < -0.3 is 10.4 Å². The fourth-order valence-electron chi connectivity index (χ4n) is 2.74. The minimum Gasteiger partial charge on any atom is -0.480 e. The Labute approximate surface area is 142 Å². The Morgan fingerprint density at radius 1 is 1.17 bits per heavy atom. The molecule has 2 N–H and O–H groups in total. The van der Waals surface area contributed by atoms with Gasteiger partial charge in [-0.05, 0) is 29.8 Å². The first kappa shape index (κ1) is 16.0. The quantitative estimate of drug-likeness (QED) is 0.896. The molecule has 0 saturated heterocycles. The number of fused-ring (bicyclic) bond motifs is 1. The van der Waals surface area contributed by atoms with E-state index >= 15 is 0 Å². The molecular weight excluding hydrogens is 332 g/mol. The van der Waals surface area contributed by atoms with Gasteiger partial charge in [-0.3, -0.25) is 14.5 Å². The molecule has 0 fully saturated rings. The molecule has 0 saturated carbocycles. The third-order valence-corrected chi connectivity index (χ3v) is 3.94. The molecule has 6 nitrogen and oxygen atoms in total. The van der Waals surface area contributed by atoms with Crippen molar-refractivity contribution in [2.75, 3.05) is 11.4 Å². The number of anilines is 1. The Kier molecular flexibility index (Phi) is 4.22. The molecule has 2 amide bonds. The van der Waals surface area contributed by atoms with Gasteiger partial charge >= 0.3 is 12.0 Å². The highest BCUT2D eigenvalue weighted by Gasteiger charge is 2.41. The number of halogens is 1. The molecule has 1 aliphatic heterocycles. The lowest BCUT2D eigenvalue weighted by Gasteiger charge is -2.24. The number of carboxylic acid groups (broad SMARTS) is 1. The molecule has 0 spiro atoms. The molecule has 1 atom stereocenters. The lowest BCUT2D eigenvalue weighted by molar-refractivity contribution is -0.135. The van der Waals surface area contributed by atoms with Crippen LogP contribution in [0.5, 0.6) is 0 Å². The van der Waals surface area contributed by atoms with Gasteiger partial charge in [0.25, 0.3) is 0 Å². The zero-order valence-corrected chi connectivity index (χ0v) is 13.2. The van der Waals surface area contributed by atoms with Crippen molar-refractivity contribution in [3.05, 3.63) is 64.7 Å². The number of nitrogens with zero attached hydrogens (tertiary/aromatic N) is 1. The van der Waals surface area contributed by atoms with Crippen LogP contribution in [0.4, 0.5) is 10.5 Å². The van der Waals surface area contributed by atoms with E-state index in [0.29, 0.717) is 21.8 Å². The number of amides is 2. The first-order valence-electron chi connectivity index (χ1n) is 7.16. The Bertz CT molecular complexity index is 837. The third kappa shape index (κ3) is 2.83. The summed E-state index contributed by atoms with van der Waals surface area (Å²) < 4.78 is 0. The molecule has 2 aromatic carbocycles. The maximum atomic E-state index is 12.8. The van der Waals surface area contributed by atoms with E-state index in [1.165, 1.54) is 4.90 Å². The molecule has 0 radical (unpaired) electrons. The molecule has 24 heavy (non-hydrogen) atoms. The van der Waals surface area contributed by atoms with Crippen molar-refractivity contribution in [1.82, 2.24) is 5.32 Å². The number of rotatable bonds is 3. The summed E-state index contributed by atoms with van der Waals surface area (Å²) >= 11 is 6.00. The lowest BCUT2D eigenvalue weighted by Crippen LogP contribution is -2.43. The van der Waals surface area contributed by atoms with Crippen molar-refractivity contribution in [2.24, 2.45) is 0 Å². The topological polar surface area (TPSA) is 86.7 Å².